The van der Waals surface area contributed by atoms with Crippen molar-refractivity contribution in [1.82, 2.24) is 10.1 Å². The van der Waals surface area contributed by atoms with Crippen LogP contribution in [0.4, 0.5) is 10.1 Å². The van der Waals surface area contributed by atoms with Gasteiger partial charge in [0.1, 0.15) is 23.5 Å². The van der Waals surface area contributed by atoms with Crippen molar-refractivity contribution < 1.29 is 18.4 Å². The van der Waals surface area contributed by atoms with E-state index in [-0.39, 0.29) is 11.7 Å². The van der Waals surface area contributed by atoms with Crippen molar-refractivity contribution in [3.05, 3.63) is 66.2 Å². The van der Waals surface area contributed by atoms with E-state index >= 15 is 0 Å². The third-order valence-corrected chi connectivity index (χ3v) is 5.44. The lowest BCUT2D eigenvalue weighted by atomic mass is 10.0. The number of piperazine rings is 1. The van der Waals surface area contributed by atoms with Gasteiger partial charge in [-0.15, -0.1) is 0 Å². The van der Waals surface area contributed by atoms with E-state index in [0.717, 1.165) is 35.7 Å². The Hall–Kier alpha value is -3.35. The van der Waals surface area contributed by atoms with Crippen molar-refractivity contribution in [2.45, 2.75) is 12.8 Å². The molecule has 1 aliphatic heterocycles. The molecule has 1 saturated heterocycles. The number of aryl methyl sites for hydroxylation is 1. The maximum atomic E-state index is 13.2. The topological polar surface area (TPSA) is 58.8 Å². The van der Waals surface area contributed by atoms with Crippen molar-refractivity contribution in [2.75, 3.05) is 38.2 Å². The number of rotatable bonds is 6. The van der Waals surface area contributed by atoms with Crippen LogP contribution in [0.1, 0.15) is 12.0 Å². The van der Waals surface area contributed by atoms with Crippen LogP contribution >= 0.6 is 0 Å². The summed E-state index contributed by atoms with van der Waals surface area (Å²) in [7, 11) is 1.65. The summed E-state index contributed by atoms with van der Waals surface area (Å²) >= 11 is 0. The first-order valence-corrected chi connectivity index (χ1v) is 10.00. The fourth-order valence-electron chi connectivity index (χ4n) is 3.69. The number of hydrogen-bond acceptors (Lipinski definition) is 5. The number of carbonyl (C=O) groups excluding carboxylic acids is 1. The van der Waals surface area contributed by atoms with E-state index in [1.807, 2.05) is 29.2 Å². The highest BCUT2D eigenvalue weighted by Gasteiger charge is 2.22. The Morgan fingerprint density at radius 1 is 1.07 bits per heavy atom. The molecule has 0 radical (unpaired) electrons. The van der Waals surface area contributed by atoms with Gasteiger partial charge in [0, 0.05) is 49.4 Å². The third-order valence-electron chi connectivity index (χ3n) is 5.44. The van der Waals surface area contributed by atoms with Crippen LogP contribution in [0, 0.1) is 5.82 Å². The van der Waals surface area contributed by atoms with Crippen molar-refractivity contribution >= 4 is 11.6 Å². The quantitative estimate of drug-likeness (QED) is 0.620. The van der Waals surface area contributed by atoms with Crippen LogP contribution in [0.15, 0.2) is 59.3 Å². The van der Waals surface area contributed by atoms with E-state index in [2.05, 4.69) is 10.1 Å². The fourth-order valence-corrected chi connectivity index (χ4v) is 3.69. The molecule has 3 aromatic rings. The predicted octanol–water partition coefficient (Wildman–Crippen LogP) is 3.77. The predicted molar refractivity (Wildman–Crippen MR) is 112 cm³/mol. The Morgan fingerprint density at radius 2 is 1.77 bits per heavy atom. The second-order valence-corrected chi connectivity index (χ2v) is 7.26. The van der Waals surface area contributed by atoms with E-state index in [1.165, 1.54) is 12.1 Å². The molecule has 0 bridgehead atoms. The molecule has 0 spiro atoms. The average molecular weight is 409 g/mol. The summed E-state index contributed by atoms with van der Waals surface area (Å²) in [4.78, 5) is 16.9. The summed E-state index contributed by atoms with van der Waals surface area (Å²) in [5.41, 5.74) is 3.43. The first kappa shape index (κ1) is 19.9. The monoisotopic (exact) mass is 409 g/mol. The number of hydrogen-bond donors (Lipinski definition) is 0. The fraction of sp³-hybridized carbons (Fsp3) is 0.304. The highest BCUT2D eigenvalue weighted by Crippen LogP contribution is 2.24. The van der Waals surface area contributed by atoms with Gasteiger partial charge in [-0.05, 0) is 55.0 Å². The lowest BCUT2D eigenvalue weighted by Crippen LogP contribution is -2.48. The summed E-state index contributed by atoms with van der Waals surface area (Å²) in [5, 5.41) is 4.02. The first-order chi connectivity index (χ1) is 14.6. The Morgan fingerprint density at radius 3 is 2.43 bits per heavy atom. The van der Waals surface area contributed by atoms with Crippen LogP contribution in [-0.4, -0.2) is 49.3 Å². The van der Waals surface area contributed by atoms with Crippen LogP contribution in [0.3, 0.4) is 0 Å². The summed E-state index contributed by atoms with van der Waals surface area (Å²) in [6.45, 7) is 2.98. The van der Waals surface area contributed by atoms with Gasteiger partial charge in [0.05, 0.1) is 7.11 Å². The zero-order valence-corrected chi connectivity index (χ0v) is 16.9. The number of benzene rings is 2. The lowest BCUT2D eigenvalue weighted by molar-refractivity contribution is -0.131. The zero-order chi connectivity index (χ0) is 20.9. The number of ether oxygens (including phenoxy) is 1. The number of anilines is 1. The highest BCUT2D eigenvalue weighted by molar-refractivity contribution is 5.77. The van der Waals surface area contributed by atoms with Gasteiger partial charge < -0.3 is 19.1 Å². The molecular formula is C23H24FN3O3. The second kappa shape index (κ2) is 8.98. The smallest absolute Gasteiger partial charge is 0.223 e. The van der Waals surface area contributed by atoms with Crippen LogP contribution < -0.4 is 9.64 Å². The van der Waals surface area contributed by atoms with Gasteiger partial charge in [-0.2, -0.15) is 0 Å². The third kappa shape index (κ3) is 4.45. The van der Waals surface area contributed by atoms with Gasteiger partial charge in [-0.25, -0.2) is 4.39 Å². The van der Waals surface area contributed by atoms with Crippen LogP contribution in [-0.2, 0) is 11.2 Å². The van der Waals surface area contributed by atoms with Crippen LogP contribution in [0.5, 0.6) is 5.75 Å². The number of amides is 1. The molecule has 1 aromatic heterocycles. The van der Waals surface area contributed by atoms with Gasteiger partial charge in [0.2, 0.25) is 5.91 Å². The van der Waals surface area contributed by atoms with Gasteiger partial charge in [0.15, 0.2) is 0 Å². The Kier molecular flexibility index (Phi) is 5.97. The Balaban J connectivity index is 1.30. The molecule has 0 atom stereocenters. The molecule has 0 unspecified atom stereocenters. The van der Waals surface area contributed by atoms with E-state index < -0.39 is 0 Å². The standard InChI is InChI=1S/C23H24FN3O3/c1-29-21-9-7-20(8-10-21)26-12-14-27(15-13-26)22(28)11-4-18-16-30-25-23(18)17-2-5-19(24)6-3-17/h2-3,5-10,16H,4,11-15H2,1H3. The number of halogens is 1. The Bertz CT molecular complexity index is 978. The molecule has 0 N–H and O–H groups in total. The van der Waals surface area contributed by atoms with Crippen molar-refractivity contribution in [3.63, 3.8) is 0 Å². The lowest BCUT2D eigenvalue weighted by Gasteiger charge is -2.36. The number of carbonyl (C=O) groups is 1. The first-order valence-electron chi connectivity index (χ1n) is 10.00. The molecule has 1 fully saturated rings. The molecule has 4 rings (SSSR count). The summed E-state index contributed by atoms with van der Waals surface area (Å²) in [6, 6.07) is 14.1. The molecule has 1 aliphatic rings. The molecule has 2 aromatic carbocycles. The molecule has 156 valence electrons. The van der Waals surface area contributed by atoms with Crippen molar-refractivity contribution in [2.24, 2.45) is 0 Å². The minimum atomic E-state index is -0.298. The summed E-state index contributed by atoms with van der Waals surface area (Å²) in [5.74, 6) is 0.657. The minimum Gasteiger partial charge on any atom is -0.497 e. The largest absolute Gasteiger partial charge is 0.497 e. The Labute approximate surface area is 174 Å². The molecule has 6 nitrogen and oxygen atoms in total. The van der Waals surface area contributed by atoms with Crippen molar-refractivity contribution in [1.29, 1.82) is 0 Å². The van der Waals surface area contributed by atoms with Gasteiger partial charge in [0.25, 0.3) is 0 Å². The van der Waals surface area contributed by atoms with E-state index in [1.54, 1.807) is 25.5 Å². The van der Waals surface area contributed by atoms with E-state index in [9.17, 15) is 9.18 Å². The maximum Gasteiger partial charge on any atom is 0.223 e. The molecule has 0 aliphatic carbocycles. The average Bonchev–Trinajstić information content (AvgIpc) is 3.27. The summed E-state index contributed by atoms with van der Waals surface area (Å²) < 4.78 is 23.5. The van der Waals surface area contributed by atoms with Crippen LogP contribution in [0.25, 0.3) is 11.3 Å². The second-order valence-electron chi connectivity index (χ2n) is 7.26. The number of methoxy groups -OCH3 is 1. The maximum absolute atomic E-state index is 13.2. The van der Waals surface area contributed by atoms with Crippen LogP contribution in [0.2, 0.25) is 0 Å². The molecule has 1 amide bonds. The van der Waals surface area contributed by atoms with Gasteiger partial charge in [-0.1, -0.05) is 5.16 Å². The number of aromatic nitrogens is 1. The molecule has 0 saturated carbocycles. The molecule has 2 heterocycles. The molecule has 7 heteroatoms. The van der Waals surface area contributed by atoms with E-state index in [4.69, 9.17) is 9.26 Å². The summed E-state index contributed by atoms with van der Waals surface area (Å²) in [6.07, 6.45) is 2.49. The molecule has 30 heavy (non-hydrogen) atoms. The van der Waals surface area contributed by atoms with Crippen molar-refractivity contribution in [3.8, 4) is 17.0 Å². The zero-order valence-electron chi connectivity index (χ0n) is 16.9. The minimum absolute atomic E-state index is 0.121. The molecular weight excluding hydrogens is 385 g/mol. The van der Waals surface area contributed by atoms with Gasteiger partial charge >= 0.3 is 0 Å². The van der Waals surface area contributed by atoms with Gasteiger partial charge in [-0.3, -0.25) is 4.79 Å². The number of nitrogens with zero attached hydrogens (tertiary/aromatic N) is 3. The normalized spacial score (nSPS) is 14.1. The van der Waals surface area contributed by atoms with E-state index in [0.29, 0.717) is 31.6 Å². The highest BCUT2D eigenvalue weighted by atomic mass is 19.1. The SMILES string of the molecule is COc1ccc(N2CCN(C(=O)CCc3conc3-c3ccc(F)cc3)CC2)cc1.